The molecule has 0 aromatic heterocycles. The van der Waals surface area contributed by atoms with E-state index in [9.17, 15) is 34.2 Å². The molecule has 11 nitrogen and oxygen atoms in total. The van der Waals surface area contributed by atoms with Gasteiger partial charge in [0.1, 0.15) is 25.2 Å². The number of carbonyl (C=O) groups is 5. The molecule has 0 spiro atoms. The van der Waals surface area contributed by atoms with Crippen LogP contribution in [0.5, 0.6) is 0 Å². The Labute approximate surface area is 200 Å². The van der Waals surface area contributed by atoms with E-state index in [1.807, 2.05) is 13.8 Å². The van der Waals surface area contributed by atoms with Gasteiger partial charge in [-0.2, -0.15) is 0 Å². The number of likely N-dealkylation sites (tertiary alicyclic amines) is 2. The van der Waals surface area contributed by atoms with Crippen LogP contribution < -0.4 is 0 Å². The maximum absolute atomic E-state index is 13.5. The number of hydrogen-bond acceptors (Lipinski definition) is 5. The Morgan fingerprint density at radius 1 is 0.735 bits per heavy atom. The standard InChI is InChI=1S/C23H38N4O7/c1-3-5-11-24(15-19(28)26-13-7-9-17(26)21(30)31)23(34)25(12-6-4-2)16-20(29)27-14-8-10-18(27)22(32)33/h17-18H,3-16H2,1-2H3,(H,30,31)(H,32,33)/t17-,18-/m1/s1. The fourth-order valence-corrected chi connectivity index (χ4v) is 4.53. The highest BCUT2D eigenvalue weighted by Crippen LogP contribution is 2.20. The van der Waals surface area contributed by atoms with E-state index < -0.39 is 41.9 Å². The Balaban J connectivity index is 2.15. The van der Waals surface area contributed by atoms with Gasteiger partial charge in [-0.25, -0.2) is 14.4 Å². The van der Waals surface area contributed by atoms with Crippen molar-refractivity contribution >= 4 is 29.8 Å². The quantitative estimate of drug-likeness (QED) is 0.429. The topological polar surface area (TPSA) is 139 Å². The van der Waals surface area contributed by atoms with Crippen LogP contribution in [0.4, 0.5) is 4.79 Å². The van der Waals surface area contributed by atoms with Crippen LogP contribution in [0.1, 0.15) is 65.2 Å². The summed E-state index contributed by atoms with van der Waals surface area (Å²) in [5.41, 5.74) is 0. The highest BCUT2D eigenvalue weighted by Gasteiger charge is 2.37. The van der Waals surface area contributed by atoms with E-state index in [4.69, 9.17) is 0 Å². The van der Waals surface area contributed by atoms with E-state index in [0.717, 1.165) is 12.8 Å². The lowest BCUT2D eigenvalue weighted by molar-refractivity contribution is -0.148. The average Bonchev–Trinajstić information content (AvgIpc) is 3.48. The SMILES string of the molecule is CCCCN(CC(=O)N1CCC[C@@H]1C(=O)O)C(=O)N(CCCC)CC(=O)N1CCC[C@@H]1C(=O)O. The number of rotatable bonds is 12. The van der Waals surface area contributed by atoms with Gasteiger partial charge in [-0.05, 0) is 38.5 Å². The van der Waals surface area contributed by atoms with Crippen molar-refractivity contribution in [2.75, 3.05) is 39.3 Å². The lowest BCUT2D eigenvalue weighted by atomic mass is 10.2. The number of unbranched alkanes of at least 4 members (excludes halogenated alkanes) is 2. The molecule has 2 aliphatic heterocycles. The lowest BCUT2D eigenvalue weighted by Gasteiger charge is -2.33. The smallest absolute Gasteiger partial charge is 0.326 e. The Hall–Kier alpha value is -2.85. The van der Waals surface area contributed by atoms with Gasteiger partial charge in [-0.1, -0.05) is 26.7 Å². The van der Waals surface area contributed by atoms with Crippen molar-refractivity contribution in [2.24, 2.45) is 0 Å². The van der Waals surface area contributed by atoms with Gasteiger partial charge in [0.05, 0.1) is 0 Å². The summed E-state index contributed by atoms with van der Waals surface area (Å²) in [6.07, 6.45) is 4.88. The third kappa shape index (κ3) is 7.07. The van der Waals surface area contributed by atoms with Crippen LogP contribution in [-0.2, 0) is 19.2 Å². The molecule has 0 radical (unpaired) electrons. The number of hydrogen-bond donors (Lipinski definition) is 2. The summed E-state index contributed by atoms with van der Waals surface area (Å²) in [7, 11) is 0. The van der Waals surface area contributed by atoms with E-state index in [2.05, 4.69) is 0 Å². The summed E-state index contributed by atoms with van der Waals surface area (Å²) in [5.74, 6) is -2.93. The molecule has 2 saturated heterocycles. The Morgan fingerprint density at radius 2 is 1.12 bits per heavy atom. The van der Waals surface area contributed by atoms with Gasteiger partial charge in [0, 0.05) is 26.2 Å². The summed E-state index contributed by atoms with van der Waals surface area (Å²) in [6, 6.07) is -2.21. The van der Waals surface area contributed by atoms with E-state index in [-0.39, 0.29) is 13.1 Å². The molecule has 2 heterocycles. The van der Waals surface area contributed by atoms with Crippen LogP contribution in [0.3, 0.4) is 0 Å². The van der Waals surface area contributed by atoms with Gasteiger partial charge in [0.2, 0.25) is 11.8 Å². The molecule has 4 amide bonds. The van der Waals surface area contributed by atoms with Crippen LogP contribution in [0.2, 0.25) is 0 Å². The first-order valence-corrected chi connectivity index (χ1v) is 12.3. The molecule has 11 heteroatoms. The summed E-state index contributed by atoms with van der Waals surface area (Å²) in [5, 5.41) is 18.8. The average molecular weight is 483 g/mol. The third-order valence-corrected chi connectivity index (χ3v) is 6.47. The van der Waals surface area contributed by atoms with Gasteiger partial charge < -0.3 is 29.8 Å². The molecule has 0 saturated carbocycles. The number of nitrogens with zero attached hydrogens (tertiary/aromatic N) is 4. The molecule has 0 aliphatic carbocycles. The normalized spacial score (nSPS) is 19.8. The minimum absolute atomic E-state index is 0.249. The fourth-order valence-electron chi connectivity index (χ4n) is 4.53. The third-order valence-electron chi connectivity index (χ3n) is 6.47. The molecule has 34 heavy (non-hydrogen) atoms. The lowest BCUT2D eigenvalue weighted by Crippen LogP contribution is -2.53. The Bertz CT molecular complexity index is 700. The van der Waals surface area contributed by atoms with Crippen molar-refractivity contribution in [1.29, 1.82) is 0 Å². The fraction of sp³-hybridized carbons (Fsp3) is 0.783. The van der Waals surface area contributed by atoms with Crippen LogP contribution >= 0.6 is 0 Å². The number of carboxylic acid groups (broad SMARTS) is 2. The van der Waals surface area contributed by atoms with Crippen LogP contribution in [0.15, 0.2) is 0 Å². The van der Waals surface area contributed by atoms with Crippen molar-refractivity contribution in [3.8, 4) is 0 Å². The van der Waals surface area contributed by atoms with Gasteiger partial charge in [0.25, 0.3) is 0 Å². The molecule has 2 aliphatic rings. The van der Waals surface area contributed by atoms with Crippen molar-refractivity contribution in [1.82, 2.24) is 19.6 Å². The van der Waals surface area contributed by atoms with Crippen molar-refractivity contribution in [2.45, 2.75) is 77.3 Å². The number of amides is 4. The van der Waals surface area contributed by atoms with Crippen LogP contribution in [0, 0.1) is 0 Å². The molecule has 0 aromatic carbocycles. The predicted octanol–water partition coefficient (Wildman–Crippen LogP) is 1.46. The molecule has 2 atom stereocenters. The Kier molecular flexibility index (Phi) is 10.6. The zero-order valence-corrected chi connectivity index (χ0v) is 20.3. The molecule has 2 N–H and O–H groups in total. The van der Waals surface area contributed by atoms with Gasteiger partial charge in [0.15, 0.2) is 0 Å². The second kappa shape index (κ2) is 13.1. The van der Waals surface area contributed by atoms with E-state index >= 15 is 0 Å². The first-order valence-electron chi connectivity index (χ1n) is 12.3. The minimum Gasteiger partial charge on any atom is -0.480 e. The summed E-state index contributed by atoms with van der Waals surface area (Å²) in [4.78, 5) is 67.7. The number of aliphatic carboxylic acids is 2. The second-order valence-corrected chi connectivity index (χ2v) is 9.00. The van der Waals surface area contributed by atoms with Gasteiger partial charge in [-0.15, -0.1) is 0 Å². The molecule has 0 aromatic rings. The van der Waals surface area contributed by atoms with E-state index in [1.54, 1.807) is 0 Å². The molecular weight excluding hydrogens is 444 g/mol. The van der Waals surface area contributed by atoms with E-state index in [0.29, 0.717) is 64.7 Å². The van der Waals surface area contributed by atoms with E-state index in [1.165, 1.54) is 19.6 Å². The maximum Gasteiger partial charge on any atom is 0.326 e. The Morgan fingerprint density at radius 3 is 1.44 bits per heavy atom. The molecule has 0 unspecified atom stereocenters. The highest BCUT2D eigenvalue weighted by molar-refractivity contribution is 5.90. The zero-order chi connectivity index (χ0) is 25.3. The second-order valence-electron chi connectivity index (χ2n) is 9.00. The van der Waals surface area contributed by atoms with Crippen molar-refractivity contribution in [3.63, 3.8) is 0 Å². The first kappa shape index (κ1) is 27.4. The van der Waals surface area contributed by atoms with Crippen LogP contribution in [-0.4, -0.2) is 111 Å². The number of urea groups is 1. The number of carboxylic acids is 2. The molecule has 0 bridgehead atoms. The molecule has 2 fully saturated rings. The largest absolute Gasteiger partial charge is 0.480 e. The highest BCUT2D eigenvalue weighted by atomic mass is 16.4. The first-order chi connectivity index (χ1) is 16.2. The summed E-state index contributed by atoms with van der Waals surface area (Å²) >= 11 is 0. The van der Waals surface area contributed by atoms with Crippen molar-refractivity contribution in [3.05, 3.63) is 0 Å². The minimum atomic E-state index is -1.05. The van der Waals surface area contributed by atoms with Gasteiger partial charge in [-0.3, -0.25) is 9.59 Å². The maximum atomic E-state index is 13.5. The zero-order valence-electron chi connectivity index (χ0n) is 20.3. The van der Waals surface area contributed by atoms with Crippen LogP contribution in [0.25, 0.3) is 0 Å². The number of carbonyl (C=O) groups excluding carboxylic acids is 3. The summed E-state index contributed by atoms with van der Waals surface area (Å²) < 4.78 is 0. The molecule has 192 valence electrons. The molecule has 2 rings (SSSR count). The van der Waals surface area contributed by atoms with Gasteiger partial charge >= 0.3 is 18.0 Å². The predicted molar refractivity (Wildman–Crippen MR) is 123 cm³/mol. The monoisotopic (exact) mass is 482 g/mol. The molecular formula is C23H38N4O7. The van der Waals surface area contributed by atoms with Crippen molar-refractivity contribution < 1.29 is 34.2 Å². The summed E-state index contributed by atoms with van der Waals surface area (Å²) in [6.45, 7) is 4.73.